The van der Waals surface area contributed by atoms with Crippen LogP contribution in [0, 0.1) is 6.92 Å². The Morgan fingerprint density at radius 1 is 1.26 bits per heavy atom. The molecule has 1 saturated heterocycles. The van der Waals surface area contributed by atoms with Gasteiger partial charge in [-0.1, -0.05) is 24.3 Å². The van der Waals surface area contributed by atoms with Gasteiger partial charge in [0.2, 0.25) is 0 Å². The number of aryl methyl sites for hydroxylation is 1. The Bertz CT molecular complexity index is 397. The fraction of sp³-hybridized carbons (Fsp3) is 0.625. The minimum absolute atomic E-state index is 0.291. The van der Waals surface area contributed by atoms with Gasteiger partial charge in [-0.15, -0.1) is 0 Å². The van der Waals surface area contributed by atoms with Crippen LogP contribution in [0.4, 0.5) is 0 Å². The number of aliphatic hydroxyl groups is 1. The molecule has 0 radical (unpaired) electrons. The van der Waals surface area contributed by atoms with Crippen LogP contribution in [0.25, 0.3) is 0 Å². The van der Waals surface area contributed by atoms with Gasteiger partial charge in [-0.2, -0.15) is 0 Å². The first-order valence-corrected chi connectivity index (χ1v) is 7.17. The molecule has 1 aromatic rings. The zero-order chi connectivity index (χ0) is 13.8. The summed E-state index contributed by atoms with van der Waals surface area (Å²) in [6.45, 7) is 9.13. The van der Waals surface area contributed by atoms with Crippen molar-refractivity contribution in [1.82, 2.24) is 4.90 Å². The molecule has 3 nitrogen and oxygen atoms in total. The zero-order valence-corrected chi connectivity index (χ0v) is 12.2. The van der Waals surface area contributed by atoms with Crippen LogP contribution in [0.1, 0.15) is 37.5 Å². The zero-order valence-electron chi connectivity index (χ0n) is 12.2. The van der Waals surface area contributed by atoms with E-state index in [0.717, 1.165) is 31.6 Å². The maximum Gasteiger partial charge on any atom is 0.0804 e. The predicted molar refractivity (Wildman–Crippen MR) is 77.2 cm³/mol. The smallest absolute Gasteiger partial charge is 0.0804 e. The van der Waals surface area contributed by atoms with E-state index in [1.54, 1.807) is 0 Å². The molecular formula is C16H25NO2. The van der Waals surface area contributed by atoms with Crippen molar-refractivity contribution < 1.29 is 9.84 Å². The van der Waals surface area contributed by atoms with Gasteiger partial charge in [0.1, 0.15) is 0 Å². The van der Waals surface area contributed by atoms with Gasteiger partial charge in [0.15, 0.2) is 0 Å². The summed E-state index contributed by atoms with van der Waals surface area (Å²) in [7, 11) is 0. The predicted octanol–water partition coefficient (Wildman–Crippen LogP) is 2.53. The SMILES string of the molecule is Cc1ccccc1C(O)CCN1C[C@@H](C)O[C@@H](C)C1. The Morgan fingerprint density at radius 3 is 2.53 bits per heavy atom. The van der Waals surface area contributed by atoms with Crippen LogP contribution in [-0.2, 0) is 4.74 Å². The van der Waals surface area contributed by atoms with Crippen molar-refractivity contribution in [2.75, 3.05) is 19.6 Å². The molecule has 3 heteroatoms. The van der Waals surface area contributed by atoms with E-state index in [1.165, 1.54) is 5.56 Å². The quantitative estimate of drug-likeness (QED) is 0.906. The first-order chi connectivity index (χ1) is 9.06. The average Bonchev–Trinajstić information content (AvgIpc) is 2.35. The van der Waals surface area contributed by atoms with Gasteiger partial charge in [-0.25, -0.2) is 0 Å². The minimum Gasteiger partial charge on any atom is -0.388 e. The van der Waals surface area contributed by atoms with E-state index in [1.807, 2.05) is 18.2 Å². The third kappa shape index (κ3) is 4.03. The maximum absolute atomic E-state index is 10.3. The standard InChI is InChI=1S/C16H25NO2/c1-12-6-4-5-7-15(12)16(18)8-9-17-10-13(2)19-14(3)11-17/h4-7,13-14,16,18H,8-11H2,1-3H3/t13-,14+,16?. The molecule has 2 rings (SSSR count). The summed E-state index contributed by atoms with van der Waals surface area (Å²) in [5, 5.41) is 10.3. The van der Waals surface area contributed by atoms with Crippen molar-refractivity contribution >= 4 is 0 Å². The topological polar surface area (TPSA) is 32.7 Å². The summed E-state index contributed by atoms with van der Waals surface area (Å²) >= 11 is 0. The summed E-state index contributed by atoms with van der Waals surface area (Å²) in [6, 6.07) is 8.07. The molecule has 0 saturated carbocycles. The molecule has 1 aliphatic heterocycles. The van der Waals surface area contributed by atoms with Crippen LogP contribution in [0.5, 0.6) is 0 Å². The van der Waals surface area contributed by atoms with E-state index < -0.39 is 0 Å². The van der Waals surface area contributed by atoms with Crippen LogP contribution < -0.4 is 0 Å². The lowest BCUT2D eigenvalue weighted by molar-refractivity contribution is -0.0703. The third-order valence-corrected chi connectivity index (χ3v) is 3.76. The van der Waals surface area contributed by atoms with Crippen molar-refractivity contribution in [3.8, 4) is 0 Å². The van der Waals surface area contributed by atoms with E-state index in [-0.39, 0.29) is 6.10 Å². The summed E-state index contributed by atoms with van der Waals surface area (Å²) in [5.41, 5.74) is 2.22. The molecule has 0 aromatic heterocycles. The molecule has 1 aromatic carbocycles. The second kappa shape index (κ2) is 6.51. The number of ether oxygens (including phenoxy) is 1. The van der Waals surface area contributed by atoms with Gasteiger partial charge < -0.3 is 9.84 Å². The Morgan fingerprint density at radius 2 is 1.89 bits per heavy atom. The lowest BCUT2D eigenvalue weighted by Gasteiger charge is -2.35. The second-order valence-corrected chi connectivity index (χ2v) is 5.68. The highest BCUT2D eigenvalue weighted by Gasteiger charge is 2.22. The van der Waals surface area contributed by atoms with E-state index >= 15 is 0 Å². The lowest BCUT2D eigenvalue weighted by atomic mass is 10.0. The third-order valence-electron chi connectivity index (χ3n) is 3.76. The van der Waals surface area contributed by atoms with Crippen molar-refractivity contribution in [3.05, 3.63) is 35.4 Å². The summed E-state index contributed by atoms with van der Waals surface area (Å²) in [5.74, 6) is 0. The van der Waals surface area contributed by atoms with Gasteiger partial charge in [-0.05, 0) is 38.3 Å². The highest BCUT2D eigenvalue weighted by molar-refractivity contribution is 5.27. The van der Waals surface area contributed by atoms with Gasteiger partial charge in [0, 0.05) is 19.6 Å². The molecule has 3 atom stereocenters. The number of hydrogen-bond acceptors (Lipinski definition) is 3. The first-order valence-electron chi connectivity index (χ1n) is 7.17. The number of benzene rings is 1. The Labute approximate surface area is 116 Å². The van der Waals surface area contributed by atoms with Gasteiger partial charge in [0.25, 0.3) is 0 Å². The molecule has 106 valence electrons. The van der Waals surface area contributed by atoms with E-state index in [4.69, 9.17) is 4.74 Å². The van der Waals surface area contributed by atoms with Crippen LogP contribution in [0.3, 0.4) is 0 Å². The molecular weight excluding hydrogens is 238 g/mol. The second-order valence-electron chi connectivity index (χ2n) is 5.68. The van der Waals surface area contributed by atoms with Crippen LogP contribution >= 0.6 is 0 Å². The molecule has 1 aliphatic rings. The highest BCUT2D eigenvalue weighted by Crippen LogP contribution is 2.21. The lowest BCUT2D eigenvalue weighted by Crippen LogP contribution is -2.45. The van der Waals surface area contributed by atoms with Gasteiger partial charge in [0.05, 0.1) is 18.3 Å². The maximum atomic E-state index is 10.3. The van der Waals surface area contributed by atoms with Crippen LogP contribution in [0.2, 0.25) is 0 Å². The van der Waals surface area contributed by atoms with E-state index in [2.05, 4.69) is 31.7 Å². The minimum atomic E-state index is -0.366. The molecule has 0 amide bonds. The van der Waals surface area contributed by atoms with E-state index in [0.29, 0.717) is 12.2 Å². The molecule has 19 heavy (non-hydrogen) atoms. The summed E-state index contributed by atoms with van der Waals surface area (Å²) in [4.78, 5) is 2.39. The van der Waals surface area contributed by atoms with Gasteiger partial charge in [-0.3, -0.25) is 4.90 Å². The molecule has 1 heterocycles. The van der Waals surface area contributed by atoms with Gasteiger partial charge >= 0.3 is 0 Å². The van der Waals surface area contributed by atoms with Crippen molar-refractivity contribution in [1.29, 1.82) is 0 Å². The molecule has 0 spiro atoms. The van der Waals surface area contributed by atoms with Crippen molar-refractivity contribution in [3.63, 3.8) is 0 Å². The Kier molecular flexibility index (Phi) is 4.97. The highest BCUT2D eigenvalue weighted by atomic mass is 16.5. The number of aliphatic hydroxyl groups excluding tert-OH is 1. The summed E-state index contributed by atoms with van der Waals surface area (Å²) in [6.07, 6.45) is 0.998. The fourth-order valence-electron chi connectivity index (χ4n) is 2.89. The normalized spacial score (nSPS) is 26.3. The molecule has 1 fully saturated rings. The van der Waals surface area contributed by atoms with Crippen LogP contribution in [0.15, 0.2) is 24.3 Å². The fourth-order valence-corrected chi connectivity index (χ4v) is 2.89. The first kappa shape index (κ1) is 14.5. The molecule has 0 bridgehead atoms. The Balaban J connectivity index is 1.87. The molecule has 0 aliphatic carbocycles. The van der Waals surface area contributed by atoms with Crippen molar-refractivity contribution in [2.45, 2.75) is 45.5 Å². The number of nitrogens with zero attached hydrogens (tertiary/aromatic N) is 1. The largest absolute Gasteiger partial charge is 0.388 e. The monoisotopic (exact) mass is 263 g/mol. The number of rotatable bonds is 4. The van der Waals surface area contributed by atoms with Crippen LogP contribution in [-0.4, -0.2) is 41.8 Å². The van der Waals surface area contributed by atoms with Crippen molar-refractivity contribution in [2.24, 2.45) is 0 Å². The van der Waals surface area contributed by atoms with E-state index in [9.17, 15) is 5.11 Å². The number of morpholine rings is 1. The average molecular weight is 263 g/mol. The molecule has 1 unspecified atom stereocenters. The number of hydrogen-bond donors (Lipinski definition) is 1. The summed E-state index contributed by atoms with van der Waals surface area (Å²) < 4.78 is 5.72. The Hall–Kier alpha value is -0.900. The molecule has 1 N–H and O–H groups in total.